The number of likely N-dealkylation sites (tertiary alicyclic amines) is 1. The van der Waals surface area contributed by atoms with Crippen LogP contribution in [0, 0.1) is 6.92 Å². The van der Waals surface area contributed by atoms with Gasteiger partial charge in [-0.15, -0.1) is 11.3 Å². The number of hydrogen-bond acceptors (Lipinski definition) is 2. The standard InChI is InChI=1S/C14H15BrN2OS/c1-9-8-12(19-13(9)15)14(18)17-7-3-5-11(17)10-4-2-6-16-10/h2,4,6,8,11,16H,3,5,7H2,1H3. The van der Waals surface area contributed by atoms with Crippen LogP contribution in [0.5, 0.6) is 0 Å². The van der Waals surface area contributed by atoms with E-state index in [1.165, 1.54) is 11.3 Å². The first-order valence-electron chi connectivity index (χ1n) is 6.37. The molecule has 3 rings (SSSR count). The summed E-state index contributed by atoms with van der Waals surface area (Å²) < 4.78 is 1.05. The summed E-state index contributed by atoms with van der Waals surface area (Å²) in [6.45, 7) is 2.86. The molecule has 3 heterocycles. The monoisotopic (exact) mass is 338 g/mol. The van der Waals surface area contributed by atoms with E-state index in [0.717, 1.165) is 39.3 Å². The number of H-pyrrole nitrogens is 1. The molecule has 2 aromatic rings. The van der Waals surface area contributed by atoms with Gasteiger partial charge in [-0.05, 0) is 59.5 Å². The highest BCUT2D eigenvalue weighted by Gasteiger charge is 2.31. The Hall–Kier alpha value is -1.07. The average Bonchev–Trinajstić information content (AvgIpc) is 3.09. The molecule has 1 aliphatic rings. The number of halogens is 1. The van der Waals surface area contributed by atoms with Crippen molar-refractivity contribution in [2.24, 2.45) is 0 Å². The Balaban J connectivity index is 1.86. The van der Waals surface area contributed by atoms with Crippen molar-refractivity contribution in [3.8, 4) is 0 Å². The van der Waals surface area contributed by atoms with Gasteiger partial charge in [-0.1, -0.05) is 0 Å². The lowest BCUT2D eigenvalue weighted by Gasteiger charge is -2.23. The number of thiophene rings is 1. The van der Waals surface area contributed by atoms with Crippen LogP contribution in [0.25, 0.3) is 0 Å². The first-order valence-corrected chi connectivity index (χ1v) is 7.98. The SMILES string of the molecule is Cc1cc(C(=O)N2CCCC2c2ccc[nH]2)sc1Br. The van der Waals surface area contributed by atoms with Crippen LogP contribution >= 0.6 is 27.3 Å². The number of carbonyl (C=O) groups is 1. The van der Waals surface area contributed by atoms with Crippen molar-refractivity contribution in [1.29, 1.82) is 0 Å². The van der Waals surface area contributed by atoms with Gasteiger partial charge in [-0.2, -0.15) is 0 Å². The zero-order chi connectivity index (χ0) is 13.4. The number of carbonyl (C=O) groups excluding carboxylic acids is 1. The Morgan fingerprint density at radius 1 is 1.58 bits per heavy atom. The fraction of sp³-hybridized carbons (Fsp3) is 0.357. The van der Waals surface area contributed by atoms with E-state index in [9.17, 15) is 4.79 Å². The smallest absolute Gasteiger partial charge is 0.264 e. The molecule has 1 unspecified atom stereocenters. The topological polar surface area (TPSA) is 36.1 Å². The molecule has 5 heteroatoms. The van der Waals surface area contributed by atoms with Gasteiger partial charge in [0.15, 0.2) is 0 Å². The van der Waals surface area contributed by atoms with E-state index in [0.29, 0.717) is 0 Å². The molecule has 0 aromatic carbocycles. The highest BCUT2D eigenvalue weighted by molar-refractivity contribution is 9.11. The third kappa shape index (κ3) is 2.37. The second-order valence-electron chi connectivity index (χ2n) is 4.85. The predicted molar refractivity (Wildman–Crippen MR) is 80.6 cm³/mol. The van der Waals surface area contributed by atoms with E-state index < -0.39 is 0 Å². The lowest BCUT2D eigenvalue weighted by Crippen LogP contribution is -2.30. The van der Waals surface area contributed by atoms with Crippen molar-refractivity contribution in [2.75, 3.05) is 6.54 Å². The van der Waals surface area contributed by atoms with Crippen LogP contribution in [0.4, 0.5) is 0 Å². The number of aromatic amines is 1. The van der Waals surface area contributed by atoms with Crippen molar-refractivity contribution in [3.05, 3.63) is 44.3 Å². The van der Waals surface area contributed by atoms with Gasteiger partial charge in [0.25, 0.3) is 5.91 Å². The minimum Gasteiger partial charge on any atom is -0.363 e. The lowest BCUT2D eigenvalue weighted by molar-refractivity contribution is 0.0738. The largest absolute Gasteiger partial charge is 0.363 e. The summed E-state index contributed by atoms with van der Waals surface area (Å²) in [7, 11) is 0. The van der Waals surface area contributed by atoms with Gasteiger partial charge in [0.2, 0.25) is 0 Å². The summed E-state index contributed by atoms with van der Waals surface area (Å²) in [5.74, 6) is 0.149. The summed E-state index contributed by atoms with van der Waals surface area (Å²) in [4.78, 5) is 18.7. The predicted octanol–water partition coefficient (Wildman–Crippen LogP) is 4.12. The van der Waals surface area contributed by atoms with Gasteiger partial charge >= 0.3 is 0 Å². The Morgan fingerprint density at radius 2 is 2.42 bits per heavy atom. The van der Waals surface area contributed by atoms with E-state index in [1.54, 1.807) is 0 Å². The molecule has 100 valence electrons. The molecule has 1 N–H and O–H groups in total. The second-order valence-corrected chi connectivity index (χ2v) is 7.22. The number of hydrogen-bond donors (Lipinski definition) is 1. The number of nitrogens with one attached hydrogen (secondary N) is 1. The number of amides is 1. The molecule has 1 aliphatic heterocycles. The van der Waals surface area contributed by atoms with E-state index >= 15 is 0 Å². The summed E-state index contributed by atoms with van der Waals surface area (Å²) in [5, 5.41) is 0. The Bertz CT molecular complexity index is 571. The quantitative estimate of drug-likeness (QED) is 0.878. The van der Waals surface area contributed by atoms with Gasteiger partial charge in [0.1, 0.15) is 0 Å². The van der Waals surface area contributed by atoms with E-state index in [-0.39, 0.29) is 11.9 Å². The maximum absolute atomic E-state index is 12.6. The van der Waals surface area contributed by atoms with Gasteiger partial charge in [-0.3, -0.25) is 4.79 Å². The van der Waals surface area contributed by atoms with Gasteiger partial charge in [-0.25, -0.2) is 0 Å². The fourth-order valence-electron chi connectivity index (χ4n) is 2.59. The summed E-state index contributed by atoms with van der Waals surface area (Å²) in [6, 6.07) is 6.22. The van der Waals surface area contributed by atoms with Crippen molar-refractivity contribution in [2.45, 2.75) is 25.8 Å². The molecular formula is C14H15BrN2OS. The molecule has 0 aliphatic carbocycles. The third-order valence-corrected chi connectivity index (χ3v) is 5.69. The van der Waals surface area contributed by atoms with Crippen molar-refractivity contribution in [1.82, 2.24) is 9.88 Å². The van der Waals surface area contributed by atoms with Crippen LogP contribution in [0.3, 0.4) is 0 Å². The third-order valence-electron chi connectivity index (χ3n) is 3.56. The van der Waals surface area contributed by atoms with Crippen LogP contribution in [0.1, 0.15) is 39.8 Å². The van der Waals surface area contributed by atoms with Crippen molar-refractivity contribution in [3.63, 3.8) is 0 Å². The zero-order valence-electron chi connectivity index (χ0n) is 10.6. The zero-order valence-corrected chi connectivity index (χ0v) is 13.1. The van der Waals surface area contributed by atoms with Crippen molar-refractivity contribution < 1.29 is 4.79 Å². The number of aryl methyl sites for hydroxylation is 1. The molecule has 1 saturated heterocycles. The normalized spacial score (nSPS) is 19.1. The molecule has 1 atom stereocenters. The van der Waals surface area contributed by atoms with Crippen molar-refractivity contribution >= 4 is 33.2 Å². The van der Waals surface area contributed by atoms with Crippen LogP contribution in [0.15, 0.2) is 28.2 Å². The summed E-state index contributed by atoms with van der Waals surface area (Å²) in [5.41, 5.74) is 2.27. The minimum absolute atomic E-state index is 0.149. The second kappa shape index (κ2) is 5.13. The molecule has 1 fully saturated rings. The number of nitrogens with zero attached hydrogens (tertiary/aromatic N) is 1. The first kappa shape index (κ1) is 12.9. The molecule has 0 spiro atoms. The molecule has 0 radical (unpaired) electrons. The number of rotatable bonds is 2. The summed E-state index contributed by atoms with van der Waals surface area (Å²) in [6.07, 6.45) is 4.03. The molecule has 0 saturated carbocycles. The van der Waals surface area contributed by atoms with Crippen LogP contribution < -0.4 is 0 Å². The molecule has 0 bridgehead atoms. The maximum atomic E-state index is 12.6. The highest BCUT2D eigenvalue weighted by atomic mass is 79.9. The van der Waals surface area contributed by atoms with Crippen LogP contribution in [-0.4, -0.2) is 22.3 Å². The van der Waals surface area contributed by atoms with Crippen LogP contribution in [-0.2, 0) is 0 Å². The molecule has 3 nitrogen and oxygen atoms in total. The fourth-order valence-corrected chi connectivity index (χ4v) is 4.08. The molecular weight excluding hydrogens is 324 g/mol. The van der Waals surface area contributed by atoms with E-state index in [2.05, 4.69) is 27.0 Å². The van der Waals surface area contributed by atoms with Gasteiger partial charge in [0.05, 0.1) is 14.7 Å². The van der Waals surface area contributed by atoms with Gasteiger partial charge in [0, 0.05) is 18.4 Å². The minimum atomic E-state index is 0.149. The first-order chi connectivity index (χ1) is 9.16. The van der Waals surface area contributed by atoms with Gasteiger partial charge < -0.3 is 9.88 Å². The maximum Gasteiger partial charge on any atom is 0.264 e. The Morgan fingerprint density at radius 3 is 3.05 bits per heavy atom. The molecule has 2 aromatic heterocycles. The summed E-state index contributed by atoms with van der Waals surface area (Å²) >= 11 is 5.01. The average molecular weight is 339 g/mol. The Labute approximate surface area is 124 Å². The van der Waals surface area contributed by atoms with E-state index in [4.69, 9.17) is 0 Å². The lowest BCUT2D eigenvalue weighted by atomic mass is 10.1. The molecule has 1 amide bonds. The molecule has 19 heavy (non-hydrogen) atoms. The van der Waals surface area contributed by atoms with Crippen LogP contribution in [0.2, 0.25) is 0 Å². The highest BCUT2D eigenvalue weighted by Crippen LogP contribution is 2.35. The number of aromatic nitrogens is 1. The van der Waals surface area contributed by atoms with E-state index in [1.807, 2.05) is 30.2 Å². The Kier molecular flexibility index (Phi) is 3.50.